The summed E-state index contributed by atoms with van der Waals surface area (Å²) in [6, 6.07) is 15.9. The molecule has 3 nitrogen and oxygen atoms in total. The van der Waals surface area contributed by atoms with E-state index in [4.69, 9.17) is 11.6 Å². The normalized spacial score (nSPS) is 17.2. The second-order valence-corrected chi connectivity index (χ2v) is 7.78. The molecule has 2 aromatic rings. The van der Waals surface area contributed by atoms with E-state index in [1.54, 1.807) is 0 Å². The van der Waals surface area contributed by atoms with E-state index in [0.717, 1.165) is 44.9 Å². The lowest BCUT2D eigenvalue weighted by atomic mass is 10.1. The number of hydrogen-bond donors (Lipinski definition) is 1. The van der Waals surface area contributed by atoms with Gasteiger partial charge >= 0.3 is 0 Å². The van der Waals surface area contributed by atoms with Crippen molar-refractivity contribution in [1.82, 2.24) is 0 Å². The van der Waals surface area contributed by atoms with Gasteiger partial charge in [-0.25, -0.2) is 0 Å². The summed E-state index contributed by atoms with van der Waals surface area (Å²) < 4.78 is 1.13. The van der Waals surface area contributed by atoms with Gasteiger partial charge in [0.1, 0.15) is 0 Å². The third-order valence-corrected chi connectivity index (χ3v) is 5.42. The van der Waals surface area contributed by atoms with Crippen LogP contribution in [0.25, 0.3) is 0 Å². The molecule has 1 aliphatic heterocycles. The van der Waals surface area contributed by atoms with Gasteiger partial charge in [0.05, 0.1) is 0 Å². The van der Waals surface area contributed by atoms with Gasteiger partial charge in [-0.2, -0.15) is 0 Å². The van der Waals surface area contributed by atoms with Gasteiger partial charge in [-0.05, 0) is 72.7 Å². The minimum Gasteiger partial charge on any atom is -0.381 e. The van der Waals surface area contributed by atoms with Gasteiger partial charge in [-0.15, -0.1) is 0 Å². The molecule has 0 saturated carbocycles. The van der Waals surface area contributed by atoms with Crippen LogP contribution < -0.4 is 10.2 Å². The average molecular weight is 467 g/mol. The summed E-state index contributed by atoms with van der Waals surface area (Å²) in [5, 5.41) is 4.19. The number of halogens is 2. The summed E-state index contributed by atoms with van der Waals surface area (Å²) in [6.07, 6.45) is 3.67. The van der Waals surface area contributed by atoms with Gasteiger partial charge in [0.2, 0.25) is 0 Å². The van der Waals surface area contributed by atoms with Gasteiger partial charge < -0.3 is 10.2 Å². The molecular formula is C20H20ClIN2O. The highest BCUT2D eigenvalue weighted by Crippen LogP contribution is 2.26. The van der Waals surface area contributed by atoms with Crippen LogP contribution in [0.4, 0.5) is 11.4 Å². The van der Waals surface area contributed by atoms with Crippen molar-refractivity contribution in [3.05, 3.63) is 68.8 Å². The molecule has 0 spiro atoms. The molecule has 0 aliphatic carbocycles. The third-order valence-electron chi connectivity index (χ3n) is 4.24. The molecule has 1 amide bonds. The number of nitrogens with zero attached hydrogens (tertiary/aromatic N) is 1. The Balaban J connectivity index is 1.62. The minimum atomic E-state index is 0.121. The summed E-state index contributed by atoms with van der Waals surface area (Å²) in [6.45, 7) is 2.87. The molecule has 1 N–H and O–H groups in total. The molecule has 1 unspecified atom stereocenters. The van der Waals surface area contributed by atoms with E-state index in [1.807, 2.05) is 53.4 Å². The van der Waals surface area contributed by atoms with Crippen molar-refractivity contribution in [3.63, 3.8) is 0 Å². The number of hydrogen-bond acceptors (Lipinski definition) is 2. The van der Waals surface area contributed by atoms with E-state index in [1.165, 1.54) is 0 Å². The molecule has 130 valence electrons. The Labute approximate surface area is 167 Å². The second kappa shape index (κ2) is 8.23. The summed E-state index contributed by atoms with van der Waals surface area (Å²) >= 11 is 8.36. The fourth-order valence-electron chi connectivity index (χ4n) is 2.91. The predicted molar refractivity (Wildman–Crippen MR) is 113 cm³/mol. The van der Waals surface area contributed by atoms with E-state index in [-0.39, 0.29) is 11.9 Å². The smallest absolute Gasteiger partial charge is 0.253 e. The number of amides is 1. The van der Waals surface area contributed by atoms with E-state index < -0.39 is 0 Å². The molecule has 5 heteroatoms. The third kappa shape index (κ3) is 4.55. The van der Waals surface area contributed by atoms with Crippen LogP contribution in [0.3, 0.4) is 0 Å². The zero-order valence-corrected chi connectivity index (χ0v) is 16.9. The van der Waals surface area contributed by atoms with Crippen LogP contribution in [0, 0.1) is 3.57 Å². The van der Waals surface area contributed by atoms with Gasteiger partial charge in [0.25, 0.3) is 5.91 Å². The first-order valence-electron chi connectivity index (χ1n) is 8.32. The number of anilines is 2. The monoisotopic (exact) mass is 466 g/mol. The Morgan fingerprint density at radius 1 is 1.28 bits per heavy atom. The molecule has 1 aliphatic rings. The quantitative estimate of drug-likeness (QED) is 0.466. The molecule has 1 heterocycles. The van der Waals surface area contributed by atoms with Crippen molar-refractivity contribution < 1.29 is 4.79 Å². The fourth-order valence-corrected chi connectivity index (χ4v) is 3.57. The SMILES string of the molecule is CC(C/C=C1\CCN(c2ccccc2)C1=O)Nc1cc(Cl)ccc1I. The van der Waals surface area contributed by atoms with Gasteiger partial charge in [-0.3, -0.25) is 4.79 Å². The lowest BCUT2D eigenvalue weighted by molar-refractivity contribution is -0.114. The topological polar surface area (TPSA) is 32.3 Å². The first kappa shape index (κ1) is 18.3. The molecule has 1 atom stereocenters. The molecule has 0 aromatic heterocycles. The molecule has 0 bridgehead atoms. The van der Waals surface area contributed by atoms with Crippen LogP contribution in [0.15, 0.2) is 60.2 Å². The van der Waals surface area contributed by atoms with Crippen LogP contribution in [-0.4, -0.2) is 18.5 Å². The molecular weight excluding hydrogens is 447 g/mol. The van der Waals surface area contributed by atoms with Crippen molar-refractivity contribution in [2.45, 2.75) is 25.8 Å². The molecule has 1 saturated heterocycles. The Morgan fingerprint density at radius 2 is 2.04 bits per heavy atom. The first-order valence-corrected chi connectivity index (χ1v) is 9.78. The number of rotatable bonds is 5. The van der Waals surface area contributed by atoms with Crippen molar-refractivity contribution in [2.24, 2.45) is 0 Å². The van der Waals surface area contributed by atoms with E-state index in [2.05, 4.69) is 40.9 Å². The Morgan fingerprint density at radius 3 is 2.80 bits per heavy atom. The maximum atomic E-state index is 12.6. The van der Waals surface area contributed by atoms with Gasteiger partial charge in [0, 0.05) is 38.1 Å². The van der Waals surface area contributed by atoms with Gasteiger partial charge in [0.15, 0.2) is 0 Å². The molecule has 0 radical (unpaired) electrons. The highest BCUT2D eigenvalue weighted by molar-refractivity contribution is 14.1. The zero-order chi connectivity index (χ0) is 17.8. The number of carbonyl (C=O) groups is 1. The molecule has 1 fully saturated rings. The van der Waals surface area contributed by atoms with Crippen LogP contribution >= 0.6 is 34.2 Å². The second-order valence-electron chi connectivity index (χ2n) is 6.18. The first-order chi connectivity index (χ1) is 12.0. The fraction of sp³-hybridized carbons (Fsp3) is 0.250. The molecule has 2 aromatic carbocycles. The van der Waals surface area contributed by atoms with Crippen molar-refractivity contribution >= 4 is 51.5 Å². The van der Waals surface area contributed by atoms with E-state index >= 15 is 0 Å². The van der Waals surface area contributed by atoms with Crippen molar-refractivity contribution in [1.29, 1.82) is 0 Å². The Hall–Kier alpha value is -1.53. The van der Waals surface area contributed by atoms with Crippen LogP contribution in [-0.2, 0) is 4.79 Å². The van der Waals surface area contributed by atoms with E-state index in [9.17, 15) is 4.79 Å². The predicted octanol–water partition coefficient (Wildman–Crippen LogP) is 5.50. The summed E-state index contributed by atoms with van der Waals surface area (Å²) in [5.41, 5.74) is 2.90. The Bertz CT molecular complexity index is 792. The summed E-state index contributed by atoms with van der Waals surface area (Å²) in [4.78, 5) is 14.4. The highest BCUT2D eigenvalue weighted by Gasteiger charge is 2.26. The maximum absolute atomic E-state index is 12.6. The Kier molecular flexibility index (Phi) is 6.02. The molecule has 25 heavy (non-hydrogen) atoms. The number of benzene rings is 2. The lowest BCUT2D eigenvalue weighted by Crippen LogP contribution is -2.24. The van der Waals surface area contributed by atoms with Crippen molar-refractivity contribution in [3.8, 4) is 0 Å². The number of carbonyl (C=O) groups excluding carboxylic acids is 1. The minimum absolute atomic E-state index is 0.121. The lowest BCUT2D eigenvalue weighted by Gasteiger charge is -2.16. The summed E-state index contributed by atoms with van der Waals surface area (Å²) in [7, 11) is 0. The molecule has 3 rings (SSSR count). The number of para-hydroxylation sites is 1. The largest absolute Gasteiger partial charge is 0.381 e. The average Bonchev–Trinajstić information content (AvgIpc) is 2.98. The van der Waals surface area contributed by atoms with E-state index in [0.29, 0.717) is 0 Å². The van der Waals surface area contributed by atoms with Crippen LogP contribution in [0.5, 0.6) is 0 Å². The standard InChI is InChI=1S/C20H20ClIN2O/c1-14(23-19-13-16(21)9-10-18(19)22)7-8-15-11-12-24(20(15)25)17-5-3-2-4-6-17/h2-6,8-10,13-14,23H,7,11-12H2,1H3/b15-8+. The zero-order valence-electron chi connectivity index (χ0n) is 14.0. The highest BCUT2D eigenvalue weighted by atomic mass is 127. The summed E-state index contributed by atoms with van der Waals surface area (Å²) in [5.74, 6) is 0.121. The number of nitrogens with one attached hydrogen (secondary N) is 1. The van der Waals surface area contributed by atoms with Gasteiger partial charge in [-0.1, -0.05) is 35.9 Å². The van der Waals surface area contributed by atoms with Crippen LogP contribution in [0.1, 0.15) is 19.8 Å². The van der Waals surface area contributed by atoms with Crippen molar-refractivity contribution in [2.75, 3.05) is 16.8 Å². The van der Waals surface area contributed by atoms with Crippen LogP contribution in [0.2, 0.25) is 5.02 Å². The maximum Gasteiger partial charge on any atom is 0.253 e.